The predicted molar refractivity (Wildman–Crippen MR) is 315 cm³/mol. The second-order valence-corrected chi connectivity index (χ2v) is 24.9. The average Bonchev–Trinajstić information content (AvgIpc) is 3.99. The van der Waals surface area contributed by atoms with Gasteiger partial charge in [0.2, 0.25) is 0 Å². The molecule has 362 valence electrons. The maximum atomic E-state index is 2.83. The lowest BCUT2D eigenvalue weighted by Gasteiger charge is -2.45. The number of nitrogens with zero attached hydrogens (tertiary/aromatic N) is 2. The maximum Gasteiger partial charge on any atom is 0.252 e. The molecule has 0 N–H and O–H groups in total. The Morgan fingerprint density at radius 2 is 0.822 bits per heavy atom. The molecule has 0 fully saturated rings. The molecule has 2 nitrogen and oxygen atoms in total. The van der Waals surface area contributed by atoms with Gasteiger partial charge >= 0.3 is 0 Å². The summed E-state index contributed by atoms with van der Waals surface area (Å²) in [5.74, 6) is 2.48. The lowest BCUT2D eigenvalue weighted by atomic mass is 9.33. The summed E-state index contributed by atoms with van der Waals surface area (Å²) in [5, 5.41) is 5.55. The Balaban J connectivity index is 1.32. The molecule has 0 atom stereocenters. The van der Waals surface area contributed by atoms with Gasteiger partial charge in [-0.2, -0.15) is 0 Å². The fourth-order valence-electron chi connectivity index (χ4n) is 14.7. The number of benzene rings is 8. The van der Waals surface area contributed by atoms with Crippen molar-refractivity contribution in [2.75, 3.05) is 0 Å². The van der Waals surface area contributed by atoms with Crippen molar-refractivity contribution in [1.82, 2.24) is 9.13 Å². The van der Waals surface area contributed by atoms with E-state index in [0.717, 1.165) is 0 Å². The Morgan fingerprint density at radius 1 is 0.356 bits per heavy atom. The maximum absolute atomic E-state index is 2.83. The van der Waals surface area contributed by atoms with Crippen LogP contribution in [0.25, 0.3) is 77.2 Å². The molecular formula is C70H69BN2. The van der Waals surface area contributed by atoms with Gasteiger partial charge in [0.15, 0.2) is 0 Å². The number of hydrogen-bond donors (Lipinski definition) is 0. The Bertz CT molecular complexity index is 4010. The van der Waals surface area contributed by atoms with Crippen molar-refractivity contribution in [2.45, 2.75) is 144 Å². The molecule has 0 bridgehead atoms. The summed E-state index contributed by atoms with van der Waals surface area (Å²) in [4.78, 5) is 0. The quantitative estimate of drug-likeness (QED) is 0.134. The van der Waals surface area contributed by atoms with E-state index in [1.54, 1.807) is 0 Å². The molecule has 0 radical (unpaired) electrons. The SMILES string of the molecule is CC(C)c1cc(C(C)C)c(-c2cc3c4c5c2-n2c6ccc(C(C)C)cc6c6cc(C(C)C)cc(c62)B5c2cc(C(C)C)cc5c6cc(C(C)C)cc(c6n-4c25)C32c3ccccc3-c3ccccc32)c(C(C)C)c1. The first kappa shape index (κ1) is 45.1. The van der Waals surface area contributed by atoms with Crippen LogP contribution in [0, 0.1) is 0 Å². The van der Waals surface area contributed by atoms with Crippen LogP contribution in [0.2, 0.25) is 0 Å². The van der Waals surface area contributed by atoms with Gasteiger partial charge in [0.05, 0.1) is 22.1 Å². The Morgan fingerprint density at radius 3 is 1.36 bits per heavy atom. The zero-order valence-corrected chi connectivity index (χ0v) is 45.6. The third-order valence-electron chi connectivity index (χ3n) is 18.5. The van der Waals surface area contributed by atoms with E-state index < -0.39 is 5.41 Å². The highest BCUT2D eigenvalue weighted by molar-refractivity contribution is 7.00. The molecular weight excluding hydrogens is 880 g/mol. The zero-order valence-electron chi connectivity index (χ0n) is 45.6. The van der Waals surface area contributed by atoms with Gasteiger partial charge < -0.3 is 9.13 Å². The van der Waals surface area contributed by atoms with E-state index >= 15 is 0 Å². The first-order valence-electron chi connectivity index (χ1n) is 27.9. The molecule has 0 saturated heterocycles. The molecule has 1 aliphatic carbocycles. The summed E-state index contributed by atoms with van der Waals surface area (Å²) >= 11 is 0. The fraction of sp³-hybridized carbons (Fsp3) is 0.314. The van der Waals surface area contributed by atoms with Crippen LogP contribution in [0.15, 0.2) is 121 Å². The molecule has 5 heterocycles. The Hall–Kier alpha value is -6.58. The number of rotatable bonds is 8. The molecule has 0 unspecified atom stereocenters. The fourth-order valence-corrected chi connectivity index (χ4v) is 14.7. The van der Waals surface area contributed by atoms with Crippen molar-refractivity contribution in [3.63, 3.8) is 0 Å². The first-order valence-corrected chi connectivity index (χ1v) is 27.9. The topological polar surface area (TPSA) is 9.86 Å². The van der Waals surface area contributed by atoms with Crippen LogP contribution in [0.1, 0.15) is 200 Å². The lowest BCUT2D eigenvalue weighted by Crippen LogP contribution is -2.61. The minimum Gasteiger partial charge on any atom is -0.310 e. The van der Waals surface area contributed by atoms with Crippen LogP contribution in [-0.2, 0) is 5.41 Å². The summed E-state index contributed by atoms with van der Waals surface area (Å²) in [6.07, 6.45) is 0. The van der Waals surface area contributed by atoms with Gasteiger partial charge in [0.1, 0.15) is 0 Å². The van der Waals surface area contributed by atoms with E-state index in [9.17, 15) is 0 Å². The molecule has 14 rings (SSSR count). The third-order valence-corrected chi connectivity index (χ3v) is 18.5. The monoisotopic (exact) mass is 949 g/mol. The number of aromatic nitrogens is 2. The van der Waals surface area contributed by atoms with Crippen molar-refractivity contribution in [3.05, 3.63) is 183 Å². The van der Waals surface area contributed by atoms with Crippen molar-refractivity contribution in [3.8, 4) is 33.6 Å². The summed E-state index contributed by atoms with van der Waals surface area (Å²) in [5.41, 5.74) is 33.2. The van der Waals surface area contributed by atoms with Crippen LogP contribution in [0.3, 0.4) is 0 Å². The van der Waals surface area contributed by atoms with E-state index in [1.807, 2.05) is 0 Å². The van der Waals surface area contributed by atoms with E-state index in [1.165, 1.54) is 155 Å². The van der Waals surface area contributed by atoms with Gasteiger partial charge in [-0.05, 0) is 172 Å². The van der Waals surface area contributed by atoms with Crippen molar-refractivity contribution < 1.29 is 0 Å². The molecule has 3 heteroatoms. The second-order valence-electron chi connectivity index (χ2n) is 24.9. The predicted octanol–water partition coefficient (Wildman–Crippen LogP) is 17.2. The first-order chi connectivity index (χ1) is 35.0. The van der Waals surface area contributed by atoms with Crippen LogP contribution in [0.5, 0.6) is 0 Å². The van der Waals surface area contributed by atoms with Crippen molar-refractivity contribution >= 4 is 66.7 Å². The molecule has 73 heavy (non-hydrogen) atoms. The van der Waals surface area contributed by atoms with Gasteiger partial charge in [-0.25, -0.2) is 0 Å². The number of fused-ring (bicyclic) bond motifs is 14. The average molecular weight is 949 g/mol. The smallest absolute Gasteiger partial charge is 0.252 e. The molecule has 8 aromatic carbocycles. The van der Waals surface area contributed by atoms with E-state index in [4.69, 9.17) is 0 Å². The zero-order chi connectivity index (χ0) is 50.6. The standard InChI is InChI=1S/C70H69BN2/c1-35(2)42-23-24-62-51(25-42)52-29-45(38(7)8)32-60-66(52)72(62)68-55(63-49(40(11)12)26-43(36(3)4)27-50(63)41(13)14)34-59-69-64(68)71(60)61-33-46(39(9)10)30-54-53-28-44(37(5)6)31-58(65(53)73(69)67(54)61)70(59)56-21-17-15-19-47(56)48-20-16-18-22-57(48)70/h15-41H,1-14H3. The summed E-state index contributed by atoms with van der Waals surface area (Å²) in [6, 6.07) is 50.2. The minimum absolute atomic E-state index is 0.000657. The van der Waals surface area contributed by atoms with E-state index in [-0.39, 0.29) is 6.71 Å². The molecule has 2 aromatic heterocycles. The van der Waals surface area contributed by atoms with Crippen molar-refractivity contribution in [1.29, 1.82) is 0 Å². The Labute approximate surface area is 433 Å². The molecule has 4 aliphatic rings. The van der Waals surface area contributed by atoms with E-state index in [2.05, 4.69) is 227 Å². The van der Waals surface area contributed by atoms with Crippen LogP contribution >= 0.6 is 0 Å². The molecule has 10 aromatic rings. The molecule has 1 spiro atoms. The Kier molecular flexibility index (Phi) is 9.42. The number of hydrogen-bond acceptors (Lipinski definition) is 0. The highest BCUT2D eigenvalue weighted by atomic mass is 15.1. The lowest BCUT2D eigenvalue weighted by molar-refractivity contribution is 0.743. The van der Waals surface area contributed by atoms with E-state index in [0.29, 0.717) is 41.4 Å². The van der Waals surface area contributed by atoms with Gasteiger partial charge in [-0.3, -0.25) is 0 Å². The van der Waals surface area contributed by atoms with Crippen LogP contribution in [0.4, 0.5) is 0 Å². The second kappa shape index (κ2) is 15.3. The van der Waals surface area contributed by atoms with Gasteiger partial charge in [-0.1, -0.05) is 182 Å². The molecule has 0 saturated carbocycles. The summed E-state index contributed by atoms with van der Waals surface area (Å²) in [6.45, 7) is 33.6. The van der Waals surface area contributed by atoms with Crippen LogP contribution < -0.4 is 16.4 Å². The highest BCUT2D eigenvalue weighted by Crippen LogP contribution is 2.63. The summed E-state index contributed by atoms with van der Waals surface area (Å²) in [7, 11) is 0. The largest absolute Gasteiger partial charge is 0.310 e. The molecule has 0 amide bonds. The highest BCUT2D eigenvalue weighted by Gasteiger charge is 2.55. The van der Waals surface area contributed by atoms with Gasteiger partial charge in [0.25, 0.3) is 6.71 Å². The minimum atomic E-state index is -0.586. The normalized spacial score (nSPS) is 14.6. The third kappa shape index (κ3) is 5.62. The van der Waals surface area contributed by atoms with Gasteiger partial charge in [0, 0.05) is 43.8 Å². The van der Waals surface area contributed by atoms with Crippen LogP contribution in [-0.4, -0.2) is 15.8 Å². The van der Waals surface area contributed by atoms with Crippen molar-refractivity contribution in [2.24, 2.45) is 0 Å². The van der Waals surface area contributed by atoms with Gasteiger partial charge in [-0.15, -0.1) is 0 Å². The summed E-state index contributed by atoms with van der Waals surface area (Å²) < 4.78 is 5.63. The molecule has 3 aliphatic heterocycles.